The van der Waals surface area contributed by atoms with E-state index < -0.39 is 71.1 Å². The topological polar surface area (TPSA) is 211 Å². The molecule has 1 aromatic carbocycles. The van der Waals surface area contributed by atoms with Crippen LogP contribution in [0.25, 0.3) is 5.69 Å². The van der Waals surface area contributed by atoms with Gasteiger partial charge in [0.25, 0.3) is 11.8 Å². The number of likely N-dealkylation sites (tertiary alicyclic amines) is 1. The molecule has 3 heterocycles. The number of piperazine rings is 1. The number of hydrogen-bond donors (Lipinski definition) is 3. The maximum Gasteiger partial charge on any atom is 0.527 e. The molecule has 0 bridgehead atoms. The molecule has 0 spiro atoms. The van der Waals surface area contributed by atoms with Gasteiger partial charge in [-0.1, -0.05) is 18.2 Å². The lowest BCUT2D eigenvalue weighted by molar-refractivity contribution is -0.157. The fraction of sp³-hybridized carbons (Fsp3) is 0.576. The van der Waals surface area contributed by atoms with E-state index in [-0.39, 0.29) is 56.3 Å². The molecule has 3 aliphatic rings. The predicted molar refractivity (Wildman–Crippen MR) is 185 cm³/mol. The van der Waals surface area contributed by atoms with Crippen LogP contribution in [-0.2, 0) is 34.0 Å². The Labute approximate surface area is 314 Å². The van der Waals surface area contributed by atoms with Gasteiger partial charge in [0.15, 0.2) is 12.3 Å². The van der Waals surface area contributed by atoms with Gasteiger partial charge in [-0.05, 0) is 57.6 Å². The highest BCUT2D eigenvalue weighted by atomic mass is 32.2. The van der Waals surface area contributed by atoms with Gasteiger partial charge in [-0.3, -0.25) is 19.2 Å². The Morgan fingerprint density at radius 1 is 0.982 bits per heavy atom. The zero-order valence-electron chi connectivity index (χ0n) is 30.0. The molecular formula is C33H43F3N8O10S. The van der Waals surface area contributed by atoms with Crippen molar-refractivity contribution in [2.45, 2.75) is 69.1 Å². The van der Waals surface area contributed by atoms with Gasteiger partial charge in [0.1, 0.15) is 12.1 Å². The lowest BCUT2D eigenvalue weighted by Gasteiger charge is -2.35. The highest BCUT2D eigenvalue weighted by molar-refractivity contribution is 7.90. The van der Waals surface area contributed by atoms with Crippen molar-refractivity contribution in [3.8, 4) is 11.6 Å². The minimum absolute atomic E-state index is 0.0202. The first-order valence-electron chi connectivity index (χ1n) is 17.8. The Morgan fingerprint density at radius 2 is 1.69 bits per heavy atom. The lowest BCUT2D eigenvalue weighted by atomic mass is 9.93. The van der Waals surface area contributed by atoms with Crippen molar-refractivity contribution in [1.29, 1.82) is 0 Å². The Bertz CT molecular complexity index is 1800. The molecule has 2 saturated heterocycles. The van der Waals surface area contributed by atoms with Crippen LogP contribution >= 0.6 is 0 Å². The molecule has 22 heteroatoms. The van der Waals surface area contributed by atoms with Gasteiger partial charge in [0.05, 0.1) is 25.4 Å². The number of carbonyl (C=O) groups is 5. The zero-order chi connectivity index (χ0) is 39.8. The minimum Gasteiger partial charge on any atom is -0.467 e. The first-order chi connectivity index (χ1) is 26.2. The molecular weight excluding hydrogens is 757 g/mol. The molecule has 2 aliphatic heterocycles. The molecule has 302 valence electrons. The van der Waals surface area contributed by atoms with Gasteiger partial charge in [-0.2, -0.15) is 18.3 Å². The third-order valence-corrected chi connectivity index (χ3v) is 10.4. The van der Waals surface area contributed by atoms with Crippen molar-refractivity contribution in [2.75, 3.05) is 52.5 Å². The SMILES string of the molecule is CCOC(=O)ON1CCN(C(=O)[C@H](CCNS(=O)(=O)C(F)(F)F)NC(=O)c2cc(OCC(=O)N3CCC[C@H]3C(=O)NC3CCC3)n(-c3ccccc3)n2)CC1. The van der Waals surface area contributed by atoms with E-state index in [0.717, 1.165) is 19.3 Å². The van der Waals surface area contributed by atoms with Crippen LogP contribution in [-0.4, -0.2) is 139 Å². The van der Waals surface area contributed by atoms with Crippen LogP contribution in [0.15, 0.2) is 36.4 Å². The summed E-state index contributed by atoms with van der Waals surface area (Å²) < 4.78 is 75.5. The summed E-state index contributed by atoms with van der Waals surface area (Å²) in [6, 6.07) is 7.55. The lowest BCUT2D eigenvalue weighted by Crippen LogP contribution is -2.55. The number of rotatable bonds is 15. The van der Waals surface area contributed by atoms with E-state index in [1.807, 2.05) is 0 Å². The highest BCUT2D eigenvalue weighted by Crippen LogP contribution is 2.24. The maximum atomic E-state index is 13.6. The van der Waals surface area contributed by atoms with Crippen LogP contribution < -0.4 is 20.1 Å². The van der Waals surface area contributed by atoms with E-state index in [1.54, 1.807) is 37.3 Å². The highest BCUT2D eigenvalue weighted by Gasteiger charge is 2.45. The molecule has 55 heavy (non-hydrogen) atoms. The van der Waals surface area contributed by atoms with Crippen molar-refractivity contribution in [2.24, 2.45) is 0 Å². The molecule has 2 atom stereocenters. The summed E-state index contributed by atoms with van der Waals surface area (Å²) in [4.78, 5) is 72.9. The average molecular weight is 801 g/mol. The van der Waals surface area contributed by atoms with E-state index in [2.05, 4.69) is 15.7 Å². The number of nitrogens with one attached hydrogen (secondary N) is 3. The van der Waals surface area contributed by atoms with Crippen molar-refractivity contribution >= 4 is 39.8 Å². The number of nitrogens with zero attached hydrogens (tertiary/aromatic N) is 5. The smallest absolute Gasteiger partial charge is 0.467 e. The normalized spacial score (nSPS) is 18.6. The number of halogens is 3. The Morgan fingerprint density at radius 3 is 2.33 bits per heavy atom. The molecule has 5 rings (SSSR count). The second-order valence-corrected chi connectivity index (χ2v) is 14.7. The quantitative estimate of drug-likeness (QED) is 0.216. The van der Waals surface area contributed by atoms with Crippen LogP contribution in [0.2, 0.25) is 0 Å². The first-order valence-corrected chi connectivity index (χ1v) is 19.3. The Balaban J connectivity index is 1.30. The number of alkyl halides is 3. The number of carbonyl (C=O) groups excluding carboxylic acids is 5. The van der Waals surface area contributed by atoms with Gasteiger partial charge >= 0.3 is 21.7 Å². The third kappa shape index (κ3) is 10.6. The van der Waals surface area contributed by atoms with Gasteiger partial charge in [-0.15, -0.1) is 5.06 Å². The molecule has 3 fully saturated rings. The number of hydrogen-bond acceptors (Lipinski definition) is 12. The number of ether oxygens (including phenoxy) is 2. The second-order valence-electron chi connectivity index (χ2n) is 13.0. The van der Waals surface area contributed by atoms with Crippen molar-refractivity contribution in [3.63, 3.8) is 0 Å². The van der Waals surface area contributed by atoms with E-state index >= 15 is 0 Å². The molecule has 1 aromatic heterocycles. The molecule has 1 saturated carbocycles. The van der Waals surface area contributed by atoms with Crippen LogP contribution in [0.1, 0.15) is 55.9 Å². The van der Waals surface area contributed by atoms with E-state index in [9.17, 15) is 45.6 Å². The van der Waals surface area contributed by atoms with Crippen molar-refractivity contribution in [1.82, 2.24) is 40.0 Å². The van der Waals surface area contributed by atoms with Crippen molar-refractivity contribution < 1.29 is 59.9 Å². The second kappa shape index (κ2) is 18.1. The fourth-order valence-corrected chi connectivity index (χ4v) is 6.67. The summed E-state index contributed by atoms with van der Waals surface area (Å²) in [5.41, 5.74) is -5.47. The van der Waals surface area contributed by atoms with Gasteiger partial charge in [-0.25, -0.2) is 22.6 Å². The fourth-order valence-electron chi connectivity index (χ4n) is 6.12. The van der Waals surface area contributed by atoms with E-state index in [4.69, 9.17) is 14.3 Å². The van der Waals surface area contributed by atoms with E-state index in [1.165, 1.54) is 30.3 Å². The van der Waals surface area contributed by atoms with Crippen LogP contribution in [0.5, 0.6) is 5.88 Å². The van der Waals surface area contributed by atoms with Crippen LogP contribution in [0, 0.1) is 0 Å². The molecule has 0 unspecified atom stereocenters. The molecule has 1 aliphatic carbocycles. The third-order valence-electron chi connectivity index (χ3n) is 9.23. The Hall–Kier alpha value is -4.96. The summed E-state index contributed by atoms with van der Waals surface area (Å²) in [6.45, 7) is 0.693. The summed E-state index contributed by atoms with van der Waals surface area (Å²) in [5.74, 6) is -2.43. The van der Waals surface area contributed by atoms with Crippen LogP contribution in [0.3, 0.4) is 0 Å². The Kier molecular flexibility index (Phi) is 13.6. The number of hydroxylamine groups is 2. The first kappa shape index (κ1) is 41.2. The number of para-hydroxylation sites is 1. The number of sulfonamides is 1. The summed E-state index contributed by atoms with van der Waals surface area (Å²) >= 11 is 0. The van der Waals surface area contributed by atoms with Crippen molar-refractivity contribution in [3.05, 3.63) is 42.1 Å². The number of amides is 4. The monoisotopic (exact) mass is 800 g/mol. The van der Waals surface area contributed by atoms with Gasteiger partial charge < -0.3 is 34.7 Å². The van der Waals surface area contributed by atoms with E-state index in [0.29, 0.717) is 25.1 Å². The number of aromatic nitrogens is 2. The summed E-state index contributed by atoms with van der Waals surface area (Å²) in [7, 11) is -5.75. The summed E-state index contributed by atoms with van der Waals surface area (Å²) in [6.07, 6.45) is 2.44. The molecule has 3 N–H and O–H groups in total. The zero-order valence-corrected chi connectivity index (χ0v) is 30.8. The average Bonchev–Trinajstić information content (AvgIpc) is 3.80. The largest absolute Gasteiger partial charge is 0.527 e. The number of benzene rings is 1. The summed E-state index contributed by atoms with van der Waals surface area (Å²) in [5, 5.41) is 11.0. The molecule has 4 amide bonds. The molecule has 18 nitrogen and oxygen atoms in total. The minimum atomic E-state index is -5.75. The van der Waals surface area contributed by atoms with Gasteiger partial charge in [0, 0.05) is 38.3 Å². The molecule has 2 aromatic rings. The standard InChI is InChI=1S/C33H43F3N8O10S/c1-2-52-32(49)54-42-18-16-41(17-19-42)31(48)24(13-14-37-55(50,51)33(34,35)36)39-29(46)25-20-28(44(40-25)23-10-4-3-5-11-23)53-21-27(45)43-15-7-12-26(43)30(47)38-22-8-6-9-22/h3-5,10-11,20,22,24,26,37H,2,6-9,12-19,21H2,1H3,(H,38,47)(H,39,46)/t24-,26-/m0/s1. The molecule has 0 radical (unpaired) electrons. The maximum absolute atomic E-state index is 13.6. The van der Waals surface area contributed by atoms with Gasteiger partial charge in [0.2, 0.25) is 17.7 Å². The predicted octanol–water partition coefficient (Wildman–Crippen LogP) is 1.07. The van der Waals surface area contributed by atoms with Crippen LogP contribution in [0.4, 0.5) is 18.0 Å².